The summed E-state index contributed by atoms with van der Waals surface area (Å²) >= 11 is 0. The van der Waals surface area contributed by atoms with Gasteiger partial charge in [-0.25, -0.2) is 4.98 Å². The Bertz CT molecular complexity index is 698. The third-order valence-electron chi connectivity index (χ3n) is 3.51. The Morgan fingerprint density at radius 1 is 1.11 bits per heavy atom. The fourth-order valence-electron chi connectivity index (χ4n) is 2.56. The first-order chi connectivity index (χ1) is 9.15. The number of rotatable bonds is 2. The smallest absolute Gasteiger partial charge is 0.252 e. The summed E-state index contributed by atoms with van der Waals surface area (Å²) in [6.07, 6.45) is 1.75. The van der Waals surface area contributed by atoms with E-state index in [1.165, 1.54) is 0 Å². The van der Waals surface area contributed by atoms with Gasteiger partial charge in [0.1, 0.15) is 17.2 Å². The van der Waals surface area contributed by atoms with Gasteiger partial charge in [0.2, 0.25) is 5.78 Å². The minimum atomic E-state index is -0.453. The van der Waals surface area contributed by atoms with Gasteiger partial charge in [0.05, 0.1) is 0 Å². The van der Waals surface area contributed by atoms with Crippen molar-refractivity contribution in [2.24, 2.45) is 7.05 Å². The molecule has 96 valence electrons. The summed E-state index contributed by atoms with van der Waals surface area (Å²) in [7, 11) is 1.80. The number of carbonyl (C=O) groups is 2. The minimum absolute atomic E-state index is 0.423. The van der Waals surface area contributed by atoms with Crippen LogP contribution >= 0.6 is 0 Å². The van der Waals surface area contributed by atoms with Gasteiger partial charge in [-0.1, -0.05) is 31.2 Å². The topological polar surface area (TPSA) is 52.0 Å². The molecule has 1 heterocycles. The standard InChI is InChI=1S/C15H14N2O2/c1-3-6-11-16-12-9-7-4-5-8-10(9)14(18)15(19)13(12)17(11)2/h4-5,7-8H,3,6H2,1-2H3. The number of benzene rings is 1. The third kappa shape index (κ3) is 1.56. The number of aromatic nitrogens is 2. The van der Waals surface area contributed by atoms with Crippen molar-refractivity contribution in [3.05, 3.63) is 41.3 Å². The Hall–Kier alpha value is -2.23. The number of ketones is 2. The predicted octanol–water partition coefficient (Wildman–Crippen LogP) is 2.42. The molecule has 0 unspecified atom stereocenters. The molecule has 0 amide bonds. The van der Waals surface area contributed by atoms with Crippen LogP contribution in [0.4, 0.5) is 0 Å². The quantitative estimate of drug-likeness (QED) is 0.773. The molecule has 3 rings (SSSR count). The molecule has 1 aromatic heterocycles. The molecule has 1 aliphatic carbocycles. The van der Waals surface area contributed by atoms with Crippen LogP contribution in [-0.4, -0.2) is 21.1 Å². The van der Waals surface area contributed by atoms with E-state index in [-0.39, 0.29) is 0 Å². The van der Waals surface area contributed by atoms with E-state index in [1.807, 2.05) is 12.1 Å². The van der Waals surface area contributed by atoms with E-state index in [1.54, 1.807) is 23.7 Å². The largest absolute Gasteiger partial charge is 0.328 e. The van der Waals surface area contributed by atoms with Gasteiger partial charge >= 0.3 is 0 Å². The first-order valence-corrected chi connectivity index (χ1v) is 6.39. The number of aryl methyl sites for hydroxylation is 1. The summed E-state index contributed by atoms with van der Waals surface area (Å²) in [6, 6.07) is 7.17. The highest BCUT2D eigenvalue weighted by molar-refractivity contribution is 6.52. The molecular weight excluding hydrogens is 240 g/mol. The van der Waals surface area contributed by atoms with E-state index in [0.717, 1.165) is 24.2 Å². The second-order valence-corrected chi connectivity index (χ2v) is 4.74. The van der Waals surface area contributed by atoms with Crippen LogP contribution in [0.5, 0.6) is 0 Å². The first-order valence-electron chi connectivity index (χ1n) is 6.39. The molecule has 0 bridgehead atoms. The lowest BCUT2D eigenvalue weighted by Crippen LogP contribution is -2.23. The second-order valence-electron chi connectivity index (χ2n) is 4.74. The summed E-state index contributed by atoms with van der Waals surface area (Å²) in [5, 5.41) is 0. The van der Waals surface area contributed by atoms with Gasteiger partial charge in [0.15, 0.2) is 0 Å². The fourth-order valence-corrected chi connectivity index (χ4v) is 2.56. The number of imidazole rings is 1. The van der Waals surface area contributed by atoms with Gasteiger partial charge in [0, 0.05) is 24.6 Å². The maximum atomic E-state index is 12.2. The molecule has 0 spiro atoms. The zero-order valence-corrected chi connectivity index (χ0v) is 10.9. The highest BCUT2D eigenvalue weighted by atomic mass is 16.2. The van der Waals surface area contributed by atoms with Gasteiger partial charge < -0.3 is 4.57 Å². The van der Waals surface area contributed by atoms with Crippen molar-refractivity contribution in [1.82, 2.24) is 9.55 Å². The van der Waals surface area contributed by atoms with Crippen molar-refractivity contribution < 1.29 is 9.59 Å². The van der Waals surface area contributed by atoms with E-state index in [4.69, 9.17) is 0 Å². The molecule has 0 radical (unpaired) electrons. The van der Waals surface area contributed by atoms with Crippen LogP contribution in [-0.2, 0) is 13.5 Å². The van der Waals surface area contributed by atoms with Crippen LogP contribution in [0.3, 0.4) is 0 Å². The Morgan fingerprint density at radius 3 is 2.47 bits per heavy atom. The molecule has 0 fully saturated rings. The summed E-state index contributed by atoms with van der Waals surface area (Å²) in [5.41, 5.74) is 2.29. The first kappa shape index (κ1) is 11.8. The molecule has 0 saturated heterocycles. The van der Waals surface area contributed by atoms with E-state index >= 15 is 0 Å². The third-order valence-corrected chi connectivity index (χ3v) is 3.51. The van der Waals surface area contributed by atoms with Crippen LogP contribution in [0.25, 0.3) is 11.3 Å². The molecule has 0 atom stereocenters. The van der Waals surface area contributed by atoms with Crippen molar-refractivity contribution in [2.75, 3.05) is 0 Å². The SMILES string of the molecule is CCCc1nc2c(n1C)C(=O)C(=O)c1ccccc1-2. The van der Waals surface area contributed by atoms with E-state index < -0.39 is 11.6 Å². The molecule has 4 heteroatoms. The van der Waals surface area contributed by atoms with Crippen molar-refractivity contribution >= 4 is 11.6 Å². The zero-order valence-electron chi connectivity index (χ0n) is 10.9. The van der Waals surface area contributed by atoms with E-state index in [0.29, 0.717) is 17.0 Å². The summed E-state index contributed by atoms with van der Waals surface area (Å²) in [5.74, 6) is -0.0365. The van der Waals surface area contributed by atoms with Crippen molar-refractivity contribution in [2.45, 2.75) is 19.8 Å². The molecule has 19 heavy (non-hydrogen) atoms. The lowest BCUT2D eigenvalue weighted by molar-refractivity contribution is 0.0810. The maximum absolute atomic E-state index is 12.2. The maximum Gasteiger partial charge on any atom is 0.252 e. The Balaban J connectivity index is 2.31. The Labute approximate surface area is 111 Å². The molecule has 0 saturated carbocycles. The Kier molecular flexibility index (Phi) is 2.59. The average molecular weight is 254 g/mol. The highest BCUT2D eigenvalue weighted by Gasteiger charge is 2.34. The molecular formula is C15H14N2O2. The monoisotopic (exact) mass is 254 g/mol. The normalized spacial score (nSPS) is 13.4. The van der Waals surface area contributed by atoms with Gasteiger partial charge in [0.25, 0.3) is 5.78 Å². The zero-order chi connectivity index (χ0) is 13.6. The van der Waals surface area contributed by atoms with Crippen LogP contribution in [0.15, 0.2) is 24.3 Å². The predicted molar refractivity (Wildman–Crippen MR) is 71.3 cm³/mol. The molecule has 2 aromatic rings. The molecule has 4 nitrogen and oxygen atoms in total. The lowest BCUT2D eigenvalue weighted by atomic mass is 9.90. The number of carbonyl (C=O) groups excluding carboxylic acids is 2. The summed E-state index contributed by atoms with van der Waals surface area (Å²) in [6.45, 7) is 2.06. The van der Waals surface area contributed by atoms with E-state index in [9.17, 15) is 9.59 Å². The van der Waals surface area contributed by atoms with Gasteiger partial charge in [-0.2, -0.15) is 0 Å². The van der Waals surface area contributed by atoms with Crippen LogP contribution in [0.2, 0.25) is 0 Å². The number of Topliss-reactive ketones (excluding diaryl/α,β-unsaturated/α-hetero) is 2. The fraction of sp³-hybridized carbons (Fsp3) is 0.267. The van der Waals surface area contributed by atoms with Crippen LogP contribution in [0, 0.1) is 0 Å². The highest BCUT2D eigenvalue weighted by Crippen LogP contribution is 2.33. The molecule has 0 N–H and O–H groups in total. The second kappa shape index (κ2) is 4.16. The number of nitrogens with zero attached hydrogens (tertiary/aromatic N) is 2. The van der Waals surface area contributed by atoms with Gasteiger partial charge in [-0.3, -0.25) is 9.59 Å². The molecule has 1 aromatic carbocycles. The van der Waals surface area contributed by atoms with Gasteiger partial charge in [-0.05, 0) is 6.42 Å². The summed E-state index contributed by atoms with van der Waals surface area (Å²) in [4.78, 5) is 28.9. The van der Waals surface area contributed by atoms with Crippen LogP contribution in [0.1, 0.15) is 40.0 Å². The average Bonchev–Trinajstić information content (AvgIpc) is 2.74. The summed E-state index contributed by atoms with van der Waals surface area (Å²) < 4.78 is 1.76. The Morgan fingerprint density at radius 2 is 1.79 bits per heavy atom. The molecule has 1 aliphatic rings. The van der Waals surface area contributed by atoms with Crippen molar-refractivity contribution in [3.63, 3.8) is 0 Å². The number of hydrogen-bond acceptors (Lipinski definition) is 3. The van der Waals surface area contributed by atoms with Crippen molar-refractivity contribution in [1.29, 1.82) is 0 Å². The lowest BCUT2D eigenvalue weighted by Gasteiger charge is -2.13. The number of fused-ring (bicyclic) bond motifs is 3. The number of hydrogen-bond donors (Lipinski definition) is 0. The van der Waals surface area contributed by atoms with E-state index in [2.05, 4.69) is 11.9 Å². The minimum Gasteiger partial charge on any atom is -0.328 e. The van der Waals surface area contributed by atoms with Gasteiger partial charge in [-0.15, -0.1) is 0 Å². The van der Waals surface area contributed by atoms with Crippen LogP contribution < -0.4 is 0 Å². The molecule has 0 aliphatic heterocycles. The van der Waals surface area contributed by atoms with Crippen molar-refractivity contribution in [3.8, 4) is 11.3 Å².